The molecule has 0 bridgehead atoms. The third-order valence-electron chi connectivity index (χ3n) is 3.14. The van der Waals surface area contributed by atoms with E-state index in [1.807, 2.05) is 0 Å². The predicted molar refractivity (Wildman–Crippen MR) is 98.9 cm³/mol. The minimum Gasteiger partial charge on any atom is -0.510 e. The fraction of sp³-hybridized carbons (Fsp3) is 0.167. The first-order valence-corrected chi connectivity index (χ1v) is 8.10. The Bertz CT molecular complexity index is 815. The van der Waals surface area contributed by atoms with Gasteiger partial charge in [-0.1, -0.05) is 23.7 Å². The summed E-state index contributed by atoms with van der Waals surface area (Å²) in [5, 5.41) is 29.2. The zero-order valence-corrected chi connectivity index (χ0v) is 14.8. The van der Waals surface area contributed by atoms with Crippen LogP contribution in [0.4, 0.5) is 11.4 Å². The second-order valence-electron chi connectivity index (χ2n) is 5.14. The molecule has 0 aromatic heterocycles. The number of aliphatic hydroxyl groups excluding tert-OH is 2. The number of nitrogens with one attached hydrogen (secondary N) is 1. The Balaban J connectivity index is 2.09. The molecular formula is C18H18ClN3O4. The largest absolute Gasteiger partial charge is 0.510 e. The van der Waals surface area contributed by atoms with E-state index >= 15 is 0 Å². The average Bonchev–Trinajstić information content (AvgIpc) is 2.62. The van der Waals surface area contributed by atoms with Crippen LogP contribution in [0.3, 0.4) is 0 Å². The first-order valence-electron chi connectivity index (χ1n) is 7.72. The second-order valence-corrected chi connectivity index (χ2v) is 5.54. The highest BCUT2D eigenvalue weighted by Crippen LogP contribution is 2.25. The van der Waals surface area contributed by atoms with Crippen LogP contribution >= 0.6 is 11.6 Å². The standard InChI is InChI=1S/C18H18ClN3O4/c1-12(24)17(22-21-16-5-3-2-4-15(16)19)18(25)20-13-6-8-14(9-7-13)26-11-10-23/h2-9,23-24H,10-11H2,1H3,(H,20,25)/b17-12+,22-21?. The van der Waals surface area contributed by atoms with Gasteiger partial charge in [-0.3, -0.25) is 4.79 Å². The summed E-state index contributed by atoms with van der Waals surface area (Å²) in [6, 6.07) is 13.3. The van der Waals surface area contributed by atoms with E-state index in [-0.39, 0.29) is 24.7 Å². The first kappa shape index (κ1) is 19.4. The van der Waals surface area contributed by atoms with Crippen LogP contribution in [-0.4, -0.2) is 29.3 Å². The van der Waals surface area contributed by atoms with Crippen molar-refractivity contribution in [2.24, 2.45) is 10.2 Å². The summed E-state index contributed by atoms with van der Waals surface area (Å²) in [4.78, 5) is 12.3. The normalized spacial score (nSPS) is 12.0. The zero-order chi connectivity index (χ0) is 18.9. The van der Waals surface area contributed by atoms with Gasteiger partial charge >= 0.3 is 0 Å². The summed E-state index contributed by atoms with van der Waals surface area (Å²) in [5.74, 6) is -0.337. The summed E-state index contributed by atoms with van der Waals surface area (Å²) < 4.78 is 5.24. The number of halogens is 1. The number of ether oxygens (including phenoxy) is 1. The number of carbonyl (C=O) groups is 1. The summed E-state index contributed by atoms with van der Waals surface area (Å²) in [7, 11) is 0. The number of allylic oxidation sites excluding steroid dienone is 1. The van der Waals surface area contributed by atoms with E-state index in [4.69, 9.17) is 21.4 Å². The Morgan fingerprint density at radius 3 is 2.50 bits per heavy atom. The average molecular weight is 376 g/mol. The maximum absolute atomic E-state index is 12.3. The molecule has 136 valence electrons. The lowest BCUT2D eigenvalue weighted by Crippen LogP contribution is -2.14. The van der Waals surface area contributed by atoms with E-state index in [0.717, 1.165) is 0 Å². The molecule has 0 spiro atoms. The van der Waals surface area contributed by atoms with Gasteiger partial charge in [0.2, 0.25) is 0 Å². The Kier molecular flexibility index (Phi) is 7.13. The van der Waals surface area contributed by atoms with Crippen LogP contribution in [0.15, 0.2) is 70.2 Å². The highest BCUT2D eigenvalue weighted by molar-refractivity contribution is 6.32. The fourth-order valence-electron chi connectivity index (χ4n) is 1.91. The SMILES string of the molecule is C/C(O)=C(\N=Nc1ccccc1Cl)C(=O)Nc1ccc(OCCO)cc1. The smallest absolute Gasteiger partial charge is 0.279 e. The molecule has 8 heteroatoms. The van der Waals surface area contributed by atoms with E-state index in [1.54, 1.807) is 48.5 Å². The lowest BCUT2D eigenvalue weighted by atomic mass is 10.3. The van der Waals surface area contributed by atoms with Gasteiger partial charge in [0.15, 0.2) is 5.70 Å². The van der Waals surface area contributed by atoms with Gasteiger partial charge in [-0.2, -0.15) is 0 Å². The number of nitrogens with zero attached hydrogens (tertiary/aromatic N) is 2. The molecule has 0 aliphatic heterocycles. The van der Waals surface area contributed by atoms with Crippen molar-refractivity contribution in [1.82, 2.24) is 0 Å². The van der Waals surface area contributed by atoms with Crippen LogP contribution in [0, 0.1) is 0 Å². The summed E-state index contributed by atoms with van der Waals surface area (Å²) in [5.41, 5.74) is 0.634. The molecule has 2 aromatic rings. The molecule has 0 saturated heterocycles. The number of rotatable bonds is 7. The Labute approximate surface area is 155 Å². The Hall–Kier alpha value is -2.90. The van der Waals surface area contributed by atoms with E-state index in [2.05, 4.69) is 15.5 Å². The zero-order valence-electron chi connectivity index (χ0n) is 14.0. The predicted octanol–water partition coefficient (Wildman–Crippen LogP) is 4.22. The van der Waals surface area contributed by atoms with Gasteiger partial charge < -0.3 is 20.3 Å². The van der Waals surface area contributed by atoms with Gasteiger partial charge in [0.25, 0.3) is 5.91 Å². The summed E-state index contributed by atoms with van der Waals surface area (Å²) >= 11 is 5.99. The fourth-order valence-corrected chi connectivity index (χ4v) is 2.08. The molecule has 2 rings (SSSR count). The number of anilines is 1. The Morgan fingerprint density at radius 1 is 1.19 bits per heavy atom. The number of azo groups is 1. The molecule has 1 amide bonds. The van der Waals surface area contributed by atoms with Crippen LogP contribution in [0.2, 0.25) is 5.02 Å². The molecule has 0 fully saturated rings. The van der Waals surface area contributed by atoms with Gasteiger partial charge in [-0.15, -0.1) is 10.2 Å². The molecule has 0 heterocycles. The molecular weight excluding hydrogens is 358 g/mol. The van der Waals surface area contributed by atoms with Crippen molar-refractivity contribution in [3.05, 3.63) is 65.0 Å². The quantitative estimate of drug-likeness (QED) is 0.383. The Morgan fingerprint density at radius 2 is 1.88 bits per heavy atom. The van der Waals surface area contributed by atoms with E-state index < -0.39 is 5.91 Å². The van der Waals surface area contributed by atoms with Gasteiger partial charge in [-0.05, 0) is 43.3 Å². The van der Waals surface area contributed by atoms with Crippen molar-refractivity contribution >= 4 is 28.9 Å². The number of carbonyl (C=O) groups excluding carboxylic acids is 1. The molecule has 26 heavy (non-hydrogen) atoms. The minimum absolute atomic E-state index is 0.0845. The summed E-state index contributed by atoms with van der Waals surface area (Å²) in [6.45, 7) is 1.44. The molecule has 0 unspecified atom stereocenters. The topological polar surface area (TPSA) is 104 Å². The van der Waals surface area contributed by atoms with Crippen molar-refractivity contribution in [2.45, 2.75) is 6.92 Å². The van der Waals surface area contributed by atoms with Crippen LogP contribution in [0.5, 0.6) is 5.75 Å². The van der Waals surface area contributed by atoms with Crippen LogP contribution < -0.4 is 10.1 Å². The molecule has 3 N–H and O–H groups in total. The van der Waals surface area contributed by atoms with Gasteiger partial charge in [0.1, 0.15) is 23.8 Å². The van der Waals surface area contributed by atoms with Crippen molar-refractivity contribution in [2.75, 3.05) is 18.5 Å². The third kappa shape index (κ3) is 5.58. The number of amides is 1. The number of benzene rings is 2. The second kappa shape index (κ2) is 9.55. The maximum Gasteiger partial charge on any atom is 0.279 e. The highest BCUT2D eigenvalue weighted by Gasteiger charge is 2.13. The molecule has 0 aliphatic carbocycles. The maximum atomic E-state index is 12.3. The van der Waals surface area contributed by atoms with E-state index in [1.165, 1.54) is 6.92 Å². The van der Waals surface area contributed by atoms with Crippen molar-refractivity contribution in [1.29, 1.82) is 0 Å². The number of aliphatic hydroxyl groups is 2. The first-order chi connectivity index (χ1) is 12.5. The molecule has 0 atom stereocenters. The molecule has 0 saturated carbocycles. The lowest BCUT2D eigenvalue weighted by molar-refractivity contribution is -0.113. The van der Waals surface area contributed by atoms with Gasteiger partial charge in [0.05, 0.1) is 11.6 Å². The lowest BCUT2D eigenvalue weighted by Gasteiger charge is -2.08. The van der Waals surface area contributed by atoms with E-state index in [9.17, 15) is 9.90 Å². The van der Waals surface area contributed by atoms with E-state index in [0.29, 0.717) is 22.1 Å². The number of hydrogen-bond donors (Lipinski definition) is 3. The van der Waals surface area contributed by atoms with Crippen LogP contribution in [0.25, 0.3) is 0 Å². The van der Waals surface area contributed by atoms with Gasteiger partial charge in [0, 0.05) is 5.69 Å². The minimum atomic E-state index is -0.621. The van der Waals surface area contributed by atoms with Crippen molar-refractivity contribution in [3.8, 4) is 5.75 Å². The third-order valence-corrected chi connectivity index (χ3v) is 3.46. The molecule has 2 aromatic carbocycles. The van der Waals surface area contributed by atoms with Gasteiger partial charge in [-0.25, -0.2) is 0 Å². The van der Waals surface area contributed by atoms with Crippen molar-refractivity contribution < 1.29 is 19.7 Å². The highest BCUT2D eigenvalue weighted by atomic mass is 35.5. The monoisotopic (exact) mass is 375 g/mol. The molecule has 7 nitrogen and oxygen atoms in total. The van der Waals surface area contributed by atoms with Crippen LogP contribution in [-0.2, 0) is 4.79 Å². The van der Waals surface area contributed by atoms with Crippen molar-refractivity contribution in [3.63, 3.8) is 0 Å². The molecule has 0 aliphatic rings. The van der Waals surface area contributed by atoms with Crippen LogP contribution in [0.1, 0.15) is 6.92 Å². The number of hydrogen-bond acceptors (Lipinski definition) is 6. The molecule has 0 radical (unpaired) electrons. The summed E-state index contributed by atoms with van der Waals surface area (Å²) in [6.07, 6.45) is 0.